The molecule has 6 aromatic rings. The summed E-state index contributed by atoms with van der Waals surface area (Å²) in [6.45, 7) is 0. The molecule has 29 heavy (non-hydrogen) atoms. The van der Waals surface area contributed by atoms with Crippen LogP contribution >= 0.6 is 0 Å². The summed E-state index contributed by atoms with van der Waals surface area (Å²) in [6.07, 6.45) is 5.76. The minimum atomic E-state index is 0. The average Bonchev–Trinajstić information content (AvgIpc) is 2.79. The first-order valence-corrected chi connectivity index (χ1v) is 9.19. The van der Waals surface area contributed by atoms with Gasteiger partial charge in [0, 0.05) is 0 Å². The van der Waals surface area contributed by atoms with Gasteiger partial charge in [0.15, 0.2) is 0 Å². The van der Waals surface area contributed by atoms with Crippen LogP contribution in [0.3, 0.4) is 0 Å². The summed E-state index contributed by atoms with van der Waals surface area (Å²) in [5.41, 5.74) is 2.07. The second-order valence-electron chi connectivity index (χ2n) is 6.60. The molecule has 0 radical (unpaired) electrons. The topological polar surface area (TPSA) is 25.8 Å². The van der Waals surface area contributed by atoms with Crippen LogP contribution in [0.15, 0.2) is 97.1 Å². The van der Waals surface area contributed by atoms with Gasteiger partial charge in [0.1, 0.15) is 0 Å². The number of fused-ring (bicyclic) bond motifs is 6. The van der Waals surface area contributed by atoms with Crippen molar-refractivity contribution in [1.82, 2.24) is 9.97 Å². The fraction of sp³-hybridized carbons (Fsp3) is 0. The van der Waals surface area contributed by atoms with Gasteiger partial charge in [-0.15, -0.1) is 10.8 Å². The molecule has 2 nitrogen and oxygen atoms in total. The van der Waals surface area contributed by atoms with Crippen LogP contribution in [-0.2, 0) is 19.5 Å². The first kappa shape index (κ1) is 19.2. The number of hydrogen-bond donors (Lipinski definition) is 0. The number of rotatable bonds is 0. The molecule has 6 rings (SSSR count). The first-order chi connectivity index (χ1) is 13.9. The van der Waals surface area contributed by atoms with Gasteiger partial charge in [0.2, 0.25) is 0 Å². The van der Waals surface area contributed by atoms with Crippen LogP contribution in [0.4, 0.5) is 0 Å². The maximum Gasteiger partial charge on any atom is 2.00 e. The summed E-state index contributed by atoms with van der Waals surface area (Å²) in [6, 6.07) is 32.8. The fourth-order valence-electron chi connectivity index (χ4n) is 3.52. The van der Waals surface area contributed by atoms with E-state index < -0.39 is 0 Å². The quantitative estimate of drug-likeness (QED) is 0.162. The molecule has 0 aliphatic heterocycles. The Hall–Kier alpha value is -3.16. The van der Waals surface area contributed by atoms with Crippen LogP contribution in [0.2, 0.25) is 0 Å². The molecule has 0 spiro atoms. The monoisotopic (exact) mass is 420 g/mol. The number of aromatic nitrogens is 2. The molecular formula is C26H16N2Zn. The molecule has 0 fully saturated rings. The molecule has 0 aliphatic carbocycles. The van der Waals surface area contributed by atoms with Gasteiger partial charge < -0.3 is 9.97 Å². The molecule has 0 saturated carbocycles. The maximum atomic E-state index is 4.28. The molecule has 2 heterocycles. The van der Waals surface area contributed by atoms with Crippen LogP contribution in [0.25, 0.3) is 43.4 Å². The van der Waals surface area contributed by atoms with E-state index in [4.69, 9.17) is 0 Å². The van der Waals surface area contributed by atoms with Gasteiger partial charge in [0.25, 0.3) is 0 Å². The summed E-state index contributed by atoms with van der Waals surface area (Å²) < 4.78 is 0. The standard InChI is InChI=1S/2C13H8N.Zn/c2*1-2-6-12-10(4-1)7-8-11-5-3-9-14-13(11)12;/h2*1-8H;/q2*-1;+2. The molecule has 0 atom stereocenters. The second kappa shape index (κ2) is 8.47. The Kier molecular flexibility index (Phi) is 5.60. The van der Waals surface area contributed by atoms with E-state index >= 15 is 0 Å². The molecule has 3 heteroatoms. The van der Waals surface area contributed by atoms with E-state index in [1.165, 1.54) is 32.3 Å². The molecule has 0 saturated heterocycles. The summed E-state index contributed by atoms with van der Waals surface area (Å²) >= 11 is 0. The Labute approximate surface area is 182 Å². The molecule has 2 aromatic heterocycles. The van der Waals surface area contributed by atoms with Crippen molar-refractivity contribution in [2.45, 2.75) is 0 Å². The van der Waals surface area contributed by atoms with Crippen LogP contribution in [0, 0.1) is 12.4 Å². The van der Waals surface area contributed by atoms with E-state index in [9.17, 15) is 0 Å². The zero-order chi connectivity index (χ0) is 18.8. The molecule has 0 N–H and O–H groups in total. The Bertz CT molecular complexity index is 1210. The van der Waals surface area contributed by atoms with Crippen molar-refractivity contribution in [3.8, 4) is 0 Å². The molecule has 0 bridgehead atoms. The van der Waals surface area contributed by atoms with E-state index in [0.29, 0.717) is 0 Å². The summed E-state index contributed by atoms with van der Waals surface area (Å²) in [7, 11) is 0. The van der Waals surface area contributed by atoms with Gasteiger partial charge in [-0.2, -0.15) is 24.3 Å². The van der Waals surface area contributed by atoms with Crippen molar-refractivity contribution in [3.63, 3.8) is 0 Å². The molecule has 0 aliphatic rings. The molecule has 0 amide bonds. The van der Waals surface area contributed by atoms with E-state index in [1.807, 2.05) is 48.5 Å². The second-order valence-corrected chi connectivity index (χ2v) is 6.60. The Balaban J connectivity index is 0.000000137. The van der Waals surface area contributed by atoms with Crippen LogP contribution in [-0.4, -0.2) is 9.97 Å². The number of hydrogen-bond acceptors (Lipinski definition) is 2. The predicted octanol–water partition coefficient (Wildman–Crippen LogP) is 6.37. The van der Waals surface area contributed by atoms with Crippen molar-refractivity contribution in [1.29, 1.82) is 0 Å². The Morgan fingerprint density at radius 3 is 1.34 bits per heavy atom. The van der Waals surface area contributed by atoms with E-state index in [-0.39, 0.29) is 19.5 Å². The minimum Gasteiger partial charge on any atom is -0.386 e. The zero-order valence-electron chi connectivity index (χ0n) is 15.8. The minimum absolute atomic E-state index is 0. The van der Waals surface area contributed by atoms with Crippen molar-refractivity contribution in [2.24, 2.45) is 0 Å². The summed E-state index contributed by atoms with van der Waals surface area (Å²) in [5.74, 6) is 0. The van der Waals surface area contributed by atoms with Crippen molar-refractivity contribution >= 4 is 43.4 Å². The number of benzene rings is 4. The molecular weight excluding hydrogens is 406 g/mol. The first-order valence-electron chi connectivity index (χ1n) is 9.19. The third kappa shape index (κ3) is 3.74. The normalized spacial score (nSPS) is 10.5. The van der Waals surface area contributed by atoms with Gasteiger partial charge in [-0.1, -0.05) is 85.2 Å². The molecule has 4 aromatic carbocycles. The summed E-state index contributed by atoms with van der Waals surface area (Å²) in [4.78, 5) is 8.57. The fourth-order valence-corrected chi connectivity index (χ4v) is 3.52. The third-order valence-corrected chi connectivity index (χ3v) is 4.89. The largest absolute Gasteiger partial charge is 2.00 e. The van der Waals surface area contributed by atoms with E-state index in [2.05, 4.69) is 70.9 Å². The SMILES string of the molecule is [Zn+2].[c-]1ccc2ccc3ccccc3c2n1.[c-]1ccc2ccc3ccccc3c2n1. The smallest absolute Gasteiger partial charge is 0.386 e. The number of pyridine rings is 2. The van der Waals surface area contributed by atoms with Crippen molar-refractivity contribution in [3.05, 3.63) is 109 Å². The van der Waals surface area contributed by atoms with Crippen LogP contribution < -0.4 is 0 Å². The van der Waals surface area contributed by atoms with Gasteiger partial charge in [-0.3, -0.25) is 0 Å². The maximum absolute atomic E-state index is 4.28. The Morgan fingerprint density at radius 1 is 0.448 bits per heavy atom. The van der Waals surface area contributed by atoms with Crippen LogP contribution in [0.5, 0.6) is 0 Å². The van der Waals surface area contributed by atoms with Gasteiger partial charge in [0.05, 0.1) is 0 Å². The van der Waals surface area contributed by atoms with Gasteiger partial charge >= 0.3 is 19.5 Å². The predicted molar refractivity (Wildman–Crippen MR) is 116 cm³/mol. The number of nitrogens with zero attached hydrogens (tertiary/aromatic N) is 2. The Morgan fingerprint density at radius 2 is 0.862 bits per heavy atom. The van der Waals surface area contributed by atoms with Crippen molar-refractivity contribution < 1.29 is 19.5 Å². The third-order valence-electron chi connectivity index (χ3n) is 4.89. The van der Waals surface area contributed by atoms with E-state index in [1.54, 1.807) is 0 Å². The average molecular weight is 422 g/mol. The van der Waals surface area contributed by atoms with Gasteiger partial charge in [-0.05, 0) is 32.6 Å². The van der Waals surface area contributed by atoms with Gasteiger partial charge in [-0.25, -0.2) is 0 Å². The zero-order valence-corrected chi connectivity index (χ0v) is 18.8. The van der Waals surface area contributed by atoms with Crippen LogP contribution in [0.1, 0.15) is 0 Å². The molecule has 132 valence electrons. The summed E-state index contributed by atoms with van der Waals surface area (Å²) in [5, 5.41) is 7.19. The molecule has 0 unspecified atom stereocenters. The van der Waals surface area contributed by atoms with Crippen molar-refractivity contribution in [2.75, 3.05) is 0 Å². The van der Waals surface area contributed by atoms with E-state index in [0.717, 1.165) is 11.0 Å².